The largest absolute Gasteiger partial charge is 0.492 e. The van der Waals surface area contributed by atoms with Gasteiger partial charge in [-0.05, 0) is 42.9 Å². The predicted molar refractivity (Wildman–Crippen MR) is 125 cm³/mol. The molecule has 4 rings (SSSR count). The maximum Gasteiger partial charge on any atom is 0.227 e. The van der Waals surface area contributed by atoms with Gasteiger partial charge in [-0.2, -0.15) is 0 Å². The molecule has 1 aliphatic heterocycles. The monoisotopic (exact) mass is 432 g/mol. The van der Waals surface area contributed by atoms with Crippen LogP contribution in [0.2, 0.25) is 0 Å². The topological polar surface area (TPSA) is 77.5 Å². The van der Waals surface area contributed by atoms with E-state index in [1.807, 2.05) is 55.6 Å². The van der Waals surface area contributed by atoms with Crippen molar-refractivity contribution in [3.05, 3.63) is 78.0 Å². The normalized spacial score (nSPS) is 15.2. The Hall–Kier alpha value is -3.26. The van der Waals surface area contributed by atoms with Gasteiger partial charge in [0.25, 0.3) is 0 Å². The average Bonchev–Trinajstić information content (AvgIpc) is 2.82. The Bertz CT molecular complexity index is 1050. The van der Waals surface area contributed by atoms with Crippen LogP contribution in [-0.2, 0) is 22.7 Å². The molecule has 1 aliphatic rings. The fraction of sp³-hybridized carbons (Fsp3) is 0.280. The molecule has 7 nitrogen and oxygen atoms in total. The first-order chi connectivity index (χ1) is 15.8. The Kier molecular flexibility index (Phi) is 7.81. The maximum atomic E-state index is 5.92. The second-order valence-electron chi connectivity index (χ2n) is 7.37. The quantitative estimate of drug-likeness (QED) is 0.475. The molecule has 0 radical (unpaired) electrons. The lowest BCUT2D eigenvalue weighted by molar-refractivity contribution is 0.138. The van der Waals surface area contributed by atoms with E-state index in [2.05, 4.69) is 27.8 Å². The highest BCUT2D eigenvalue weighted by molar-refractivity contribution is 5.63. The molecular weight excluding hydrogens is 404 g/mol. The molecule has 0 aliphatic carbocycles. The second-order valence-corrected chi connectivity index (χ2v) is 7.37. The summed E-state index contributed by atoms with van der Waals surface area (Å²) in [6, 6.07) is 16.0. The number of hydrogen-bond acceptors (Lipinski definition) is 7. The van der Waals surface area contributed by atoms with E-state index in [-0.39, 0.29) is 0 Å². The first kappa shape index (κ1) is 22.0. The van der Waals surface area contributed by atoms with Gasteiger partial charge in [0, 0.05) is 29.6 Å². The standard InChI is InChI=1S/C25H28N4O3/c1-26-11-14-32-24-8-7-22-16-21(24)18-31-13-3-2-12-30-17-19-5-4-6-20(15-19)23-9-10-27-25(28-22)29-23/h2-10,15-16,26H,11-14,17-18H2,1H3,(H,27,28,29)/b3-2+. The van der Waals surface area contributed by atoms with Crippen molar-refractivity contribution in [3.8, 4) is 17.0 Å². The minimum atomic E-state index is 0.432. The Morgan fingerprint density at radius 2 is 1.91 bits per heavy atom. The molecule has 7 heteroatoms. The summed E-state index contributed by atoms with van der Waals surface area (Å²) < 4.78 is 17.5. The summed E-state index contributed by atoms with van der Waals surface area (Å²) in [6.07, 6.45) is 5.71. The Balaban J connectivity index is 1.63. The molecule has 32 heavy (non-hydrogen) atoms. The van der Waals surface area contributed by atoms with Crippen molar-refractivity contribution in [3.63, 3.8) is 0 Å². The van der Waals surface area contributed by atoms with Gasteiger partial charge in [0.2, 0.25) is 5.95 Å². The molecule has 2 heterocycles. The van der Waals surface area contributed by atoms with Gasteiger partial charge >= 0.3 is 0 Å². The number of hydrogen-bond donors (Lipinski definition) is 2. The molecule has 0 fully saturated rings. The predicted octanol–water partition coefficient (Wildman–Crippen LogP) is 4.09. The fourth-order valence-electron chi connectivity index (χ4n) is 3.32. The first-order valence-electron chi connectivity index (χ1n) is 10.7. The van der Waals surface area contributed by atoms with E-state index in [1.54, 1.807) is 6.20 Å². The fourth-order valence-corrected chi connectivity index (χ4v) is 3.32. The van der Waals surface area contributed by atoms with Crippen molar-refractivity contribution in [1.29, 1.82) is 0 Å². The van der Waals surface area contributed by atoms with Crippen LogP contribution in [0.3, 0.4) is 0 Å². The molecule has 3 aromatic rings. The van der Waals surface area contributed by atoms with E-state index >= 15 is 0 Å². The Labute approximate surface area is 188 Å². The van der Waals surface area contributed by atoms with Gasteiger partial charge in [-0.25, -0.2) is 9.97 Å². The highest BCUT2D eigenvalue weighted by Crippen LogP contribution is 2.26. The summed E-state index contributed by atoms with van der Waals surface area (Å²) in [5, 5.41) is 6.40. The van der Waals surface area contributed by atoms with Gasteiger partial charge < -0.3 is 24.8 Å². The molecule has 2 aromatic carbocycles. The number of rotatable bonds is 4. The van der Waals surface area contributed by atoms with Gasteiger partial charge in [0.1, 0.15) is 12.4 Å². The van der Waals surface area contributed by atoms with Crippen LogP contribution in [0.15, 0.2) is 66.9 Å². The van der Waals surface area contributed by atoms with E-state index in [0.29, 0.717) is 39.0 Å². The van der Waals surface area contributed by atoms with Crippen LogP contribution in [0.4, 0.5) is 11.6 Å². The first-order valence-corrected chi connectivity index (χ1v) is 10.7. The summed E-state index contributed by atoms with van der Waals surface area (Å²) >= 11 is 0. The summed E-state index contributed by atoms with van der Waals surface area (Å²) in [5.74, 6) is 1.34. The van der Waals surface area contributed by atoms with E-state index in [1.165, 1.54) is 0 Å². The molecule has 0 unspecified atom stereocenters. The zero-order chi connectivity index (χ0) is 22.0. The number of aromatic nitrogens is 2. The van der Waals surface area contributed by atoms with Crippen LogP contribution in [0, 0.1) is 0 Å². The highest BCUT2D eigenvalue weighted by Gasteiger charge is 2.09. The third-order valence-corrected chi connectivity index (χ3v) is 4.93. The van der Waals surface area contributed by atoms with Crippen molar-refractivity contribution in [2.75, 3.05) is 38.7 Å². The minimum Gasteiger partial charge on any atom is -0.492 e. The van der Waals surface area contributed by atoms with Crippen LogP contribution in [-0.4, -0.2) is 43.4 Å². The number of benzene rings is 2. The zero-order valence-electron chi connectivity index (χ0n) is 18.2. The smallest absolute Gasteiger partial charge is 0.227 e. The SMILES string of the molecule is CNCCOc1ccc2cc1COC/C=C/COCc1cccc(c1)-c1ccnc(n1)N2. The molecule has 166 valence electrons. The van der Waals surface area contributed by atoms with Crippen LogP contribution in [0.1, 0.15) is 11.1 Å². The zero-order valence-corrected chi connectivity index (χ0v) is 18.2. The third-order valence-electron chi connectivity index (χ3n) is 4.93. The number of ether oxygens (including phenoxy) is 3. The van der Waals surface area contributed by atoms with Crippen molar-refractivity contribution in [2.45, 2.75) is 13.2 Å². The summed E-state index contributed by atoms with van der Waals surface area (Å²) in [5.41, 5.74) is 4.80. The summed E-state index contributed by atoms with van der Waals surface area (Å²) in [4.78, 5) is 9.09. The molecule has 0 saturated carbocycles. The lowest BCUT2D eigenvalue weighted by atomic mass is 10.1. The summed E-state index contributed by atoms with van der Waals surface area (Å²) in [7, 11) is 1.90. The Morgan fingerprint density at radius 3 is 2.78 bits per heavy atom. The lowest BCUT2D eigenvalue weighted by Crippen LogP contribution is -2.16. The number of fused-ring (bicyclic) bond motifs is 7. The van der Waals surface area contributed by atoms with Crippen molar-refractivity contribution in [2.24, 2.45) is 0 Å². The van der Waals surface area contributed by atoms with Gasteiger partial charge in [0.05, 0.1) is 32.1 Å². The molecule has 0 amide bonds. The summed E-state index contributed by atoms with van der Waals surface area (Å²) in [6.45, 7) is 3.34. The van der Waals surface area contributed by atoms with Gasteiger partial charge in [-0.15, -0.1) is 0 Å². The number of nitrogens with zero attached hydrogens (tertiary/aromatic N) is 2. The van der Waals surface area contributed by atoms with Crippen LogP contribution in [0.5, 0.6) is 5.75 Å². The van der Waals surface area contributed by atoms with Crippen molar-refractivity contribution in [1.82, 2.24) is 15.3 Å². The highest BCUT2D eigenvalue weighted by atomic mass is 16.5. The number of likely N-dealkylation sites (N-methyl/N-ethyl adjacent to an activating group) is 1. The van der Waals surface area contributed by atoms with E-state index in [9.17, 15) is 0 Å². The third kappa shape index (κ3) is 6.13. The molecule has 2 N–H and O–H groups in total. The van der Waals surface area contributed by atoms with Crippen molar-refractivity contribution < 1.29 is 14.2 Å². The van der Waals surface area contributed by atoms with Crippen LogP contribution in [0.25, 0.3) is 11.3 Å². The van der Waals surface area contributed by atoms with Crippen LogP contribution < -0.4 is 15.4 Å². The average molecular weight is 433 g/mol. The molecular formula is C25H28N4O3. The van der Waals surface area contributed by atoms with E-state index < -0.39 is 0 Å². The molecule has 0 saturated heterocycles. The van der Waals surface area contributed by atoms with E-state index in [0.717, 1.165) is 40.4 Å². The lowest BCUT2D eigenvalue weighted by Gasteiger charge is -2.14. The minimum absolute atomic E-state index is 0.432. The van der Waals surface area contributed by atoms with Gasteiger partial charge in [-0.1, -0.05) is 30.4 Å². The van der Waals surface area contributed by atoms with Gasteiger partial charge in [0.15, 0.2) is 0 Å². The molecule has 6 bridgehead atoms. The van der Waals surface area contributed by atoms with E-state index in [4.69, 9.17) is 19.2 Å². The molecule has 1 aromatic heterocycles. The number of anilines is 2. The second kappa shape index (κ2) is 11.4. The molecule has 0 atom stereocenters. The van der Waals surface area contributed by atoms with Gasteiger partial charge in [-0.3, -0.25) is 0 Å². The van der Waals surface area contributed by atoms with Crippen molar-refractivity contribution >= 4 is 11.6 Å². The maximum absolute atomic E-state index is 5.92. The molecule has 0 spiro atoms. The van der Waals surface area contributed by atoms with Crippen LogP contribution >= 0.6 is 0 Å². The number of nitrogens with one attached hydrogen (secondary N) is 2. The Morgan fingerprint density at radius 1 is 1.03 bits per heavy atom.